The number of amidine groups is 1. The van der Waals surface area contributed by atoms with Crippen molar-refractivity contribution >= 4 is 28.3 Å². The first-order chi connectivity index (χ1) is 9.71. The summed E-state index contributed by atoms with van der Waals surface area (Å²) in [5.41, 5.74) is 0.523. The fourth-order valence-corrected chi connectivity index (χ4v) is 5.10. The maximum atomic E-state index is 4.80. The monoisotopic (exact) mass is 309 g/mol. The number of thiazole rings is 1. The molecular formula is C15H23N3S2. The van der Waals surface area contributed by atoms with Gasteiger partial charge in [0.2, 0.25) is 0 Å². The zero-order valence-corrected chi connectivity index (χ0v) is 13.9. The molecule has 1 fully saturated rings. The molecule has 1 saturated carbocycles. The molecule has 1 aromatic rings. The molecule has 1 aliphatic heterocycles. The molecule has 0 radical (unpaired) electrons. The van der Waals surface area contributed by atoms with Gasteiger partial charge in [-0.15, -0.1) is 11.3 Å². The van der Waals surface area contributed by atoms with E-state index >= 15 is 0 Å². The van der Waals surface area contributed by atoms with E-state index in [1.54, 1.807) is 0 Å². The van der Waals surface area contributed by atoms with Crippen molar-refractivity contribution in [1.29, 1.82) is 0 Å². The third-order valence-electron chi connectivity index (χ3n) is 4.37. The molecule has 2 aliphatic rings. The molecule has 3 rings (SSSR count). The number of nitrogens with one attached hydrogen (secondary N) is 1. The van der Waals surface area contributed by atoms with Crippen molar-refractivity contribution in [2.75, 3.05) is 12.3 Å². The van der Waals surface area contributed by atoms with Gasteiger partial charge in [0.1, 0.15) is 5.01 Å². The molecule has 110 valence electrons. The highest BCUT2D eigenvalue weighted by Crippen LogP contribution is 2.43. The van der Waals surface area contributed by atoms with Gasteiger partial charge in [0, 0.05) is 23.4 Å². The van der Waals surface area contributed by atoms with Crippen molar-refractivity contribution in [3.05, 3.63) is 16.1 Å². The van der Waals surface area contributed by atoms with Gasteiger partial charge in [0.05, 0.1) is 6.04 Å². The summed E-state index contributed by atoms with van der Waals surface area (Å²) in [6, 6.07) is 0.268. The van der Waals surface area contributed by atoms with Crippen LogP contribution in [0.5, 0.6) is 0 Å². The van der Waals surface area contributed by atoms with Crippen LogP contribution in [0.15, 0.2) is 11.2 Å². The van der Waals surface area contributed by atoms with Gasteiger partial charge in [-0.2, -0.15) is 0 Å². The highest BCUT2D eigenvalue weighted by atomic mass is 32.2. The smallest absolute Gasteiger partial charge is 0.157 e. The van der Waals surface area contributed by atoms with Crippen LogP contribution in [0.3, 0.4) is 0 Å². The molecule has 5 heteroatoms. The number of aliphatic imine (C=N–C) groups is 1. The van der Waals surface area contributed by atoms with Crippen molar-refractivity contribution in [1.82, 2.24) is 10.3 Å². The van der Waals surface area contributed by atoms with E-state index in [4.69, 9.17) is 4.99 Å². The van der Waals surface area contributed by atoms with Gasteiger partial charge in [0.25, 0.3) is 0 Å². The standard InChI is InChI=1S/C15H23N3S2/c1-3-12-8-16-13(20-12)11(2)18-14-17-9-15(10-19-14)6-4-5-7-15/h8,11H,3-7,9-10H2,1-2H3,(H,17,18). The summed E-state index contributed by atoms with van der Waals surface area (Å²) in [6.45, 7) is 5.38. The van der Waals surface area contributed by atoms with Crippen LogP contribution in [0.2, 0.25) is 0 Å². The predicted molar refractivity (Wildman–Crippen MR) is 88.7 cm³/mol. The number of hydrogen-bond acceptors (Lipinski definition) is 5. The lowest BCUT2D eigenvalue weighted by molar-refractivity contribution is 0.358. The van der Waals surface area contributed by atoms with E-state index in [0.29, 0.717) is 5.41 Å². The van der Waals surface area contributed by atoms with E-state index < -0.39 is 0 Å². The fourth-order valence-electron chi connectivity index (χ4n) is 3.00. The first-order valence-electron chi connectivity index (χ1n) is 7.59. The Balaban J connectivity index is 1.59. The largest absolute Gasteiger partial charge is 0.356 e. The summed E-state index contributed by atoms with van der Waals surface area (Å²) in [5.74, 6) is 1.24. The van der Waals surface area contributed by atoms with Gasteiger partial charge in [0.15, 0.2) is 5.17 Å². The van der Waals surface area contributed by atoms with Gasteiger partial charge in [-0.05, 0) is 31.6 Å². The minimum atomic E-state index is 0.268. The summed E-state index contributed by atoms with van der Waals surface area (Å²) in [6.07, 6.45) is 8.61. The van der Waals surface area contributed by atoms with Gasteiger partial charge in [-0.3, -0.25) is 4.99 Å². The third-order valence-corrected chi connectivity index (χ3v) is 6.97. The van der Waals surface area contributed by atoms with E-state index in [0.717, 1.165) is 18.1 Å². The fraction of sp³-hybridized carbons (Fsp3) is 0.733. The van der Waals surface area contributed by atoms with E-state index in [9.17, 15) is 0 Å². The minimum absolute atomic E-state index is 0.268. The highest BCUT2D eigenvalue weighted by molar-refractivity contribution is 8.13. The maximum Gasteiger partial charge on any atom is 0.157 e. The minimum Gasteiger partial charge on any atom is -0.356 e. The van der Waals surface area contributed by atoms with Gasteiger partial charge in [-0.25, -0.2) is 4.98 Å². The maximum absolute atomic E-state index is 4.80. The molecular weight excluding hydrogens is 286 g/mol. The first kappa shape index (κ1) is 14.4. The van der Waals surface area contributed by atoms with E-state index in [2.05, 4.69) is 24.1 Å². The van der Waals surface area contributed by atoms with Crippen molar-refractivity contribution in [3.63, 3.8) is 0 Å². The quantitative estimate of drug-likeness (QED) is 0.916. The van der Waals surface area contributed by atoms with E-state index in [1.807, 2.05) is 29.3 Å². The Bertz CT molecular complexity index is 489. The summed E-state index contributed by atoms with van der Waals surface area (Å²) in [7, 11) is 0. The Morgan fingerprint density at radius 1 is 1.40 bits per heavy atom. The SMILES string of the molecule is CCc1cnc(C(C)NC2=NCC3(CCCC3)CS2)s1. The lowest BCUT2D eigenvalue weighted by atomic mass is 9.89. The average molecular weight is 310 g/mol. The number of nitrogens with zero attached hydrogens (tertiary/aromatic N) is 2. The number of thioether (sulfide) groups is 1. The van der Waals surface area contributed by atoms with E-state index in [-0.39, 0.29) is 6.04 Å². The molecule has 0 bridgehead atoms. The van der Waals surface area contributed by atoms with Crippen LogP contribution in [0, 0.1) is 5.41 Å². The summed E-state index contributed by atoms with van der Waals surface area (Å²) in [4.78, 5) is 10.7. The molecule has 20 heavy (non-hydrogen) atoms. The van der Waals surface area contributed by atoms with Gasteiger partial charge in [-0.1, -0.05) is 31.5 Å². The Kier molecular flexibility index (Phi) is 4.36. The Morgan fingerprint density at radius 2 is 2.20 bits per heavy atom. The van der Waals surface area contributed by atoms with Crippen molar-refractivity contribution in [2.24, 2.45) is 10.4 Å². The number of aromatic nitrogens is 1. The van der Waals surface area contributed by atoms with Crippen molar-refractivity contribution in [2.45, 2.75) is 52.0 Å². The Morgan fingerprint density at radius 3 is 2.80 bits per heavy atom. The zero-order chi connectivity index (χ0) is 14.0. The Hall–Kier alpha value is -0.550. The second kappa shape index (κ2) is 6.06. The highest BCUT2D eigenvalue weighted by Gasteiger charge is 2.36. The van der Waals surface area contributed by atoms with Gasteiger partial charge < -0.3 is 5.32 Å². The van der Waals surface area contributed by atoms with Crippen LogP contribution in [0.25, 0.3) is 0 Å². The third kappa shape index (κ3) is 3.03. The molecule has 0 amide bonds. The number of aryl methyl sites for hydroxylation is 1. The predicted octanol–water partition coefficient (Wildman–Crippen LogP) is 4.02. The molecule has 1 aromatic heterocycles. The lowest BCUT2D eigenvalue weighted by Crippen LogP contribution is -2.34. The first-order valence-corrected chi connectivity index (χ1v) is 9.39. The second-order valence-corrected chi connectivity index (χ2v) is 8.11. The molecule has 1 aliphatic carbocycles. The number of hydrogen-bond donors (Lipinski definition) is 1. The van der Waals surface area contributed by atoms with Crippen LogP contribution < -0.4 is 5.32 Å². The van der Waals surface area contributed by atoms with Crippen molar-refractivity contribution in [3.8, 4) is 0 Å². The summed E-state index contributed by atoms with van der Waals surface area (Å²) in [5, 5.41) is 5.83. The van der Waals surface area contributed by atoms with E-state index in [1.165, 1.54) is 41.3 Å². The molecule has 0 aromatic carbocycles. The topological polar surface area (TPSA) is 37.3 Å². The zero-order valence-electron chi connectivity index (χ0n) is 12.3. The summed E-state index contributed by atoms with van der Waals surface area (Å²) < 4.78 is 0. The Labute approximate surface area is 129 Å². The lowest BCUT2D eigenvalue weighted by Gasteiger charge is -2.31. The number of rotatable bonds is 3. The molecule has 1 spiro atoms. The van der Waals surface area contributed by atoms with Gasteiger partial charge >= 0.3 is 0 Å². The van der Waals surface area contributed by atoms with Crippen LogP contribution in [0.4, 0.5) is 0 Å². The van der Waals surface area contributed by atoms with Crippen LogP contribution in [-0.4, -0.2) is 22.4 Å². The van der Waals surface area contributed by atoms with Crippen LogP contribution in [-0.2, 0) is 6.42 Å². The van der Waals surface area contributed by atoms with Crippen LogP contribution in [0.1, 0.15) is 55.5 Å². The summed E-state index contributed by atoms with van der Waals surface area (Å²) >= 11 is 3.72. The second-order valence-electron chi connectivity index (χ2n) is 6.00. The average Bonchev–Trinajstić information content (AvgIpc) is 3.11. The molecule has 3 nitrogen and oxygen atoms in total. The van der Waals surface area contributed by atoms with Crippen molar-refractivity contribution < 1.29 is 0 Å². The molecule has 1 N–H and O–H groups in total. The van der Waals surface area contributed by atoms with Crippen LogP contribution >= 0.6 is 23.1 Å². The molecule has 0 saturated heterocycles. The molecule has 1 unspecified atom stereocenters. The molecule has 1 atom stereocenters. The molecule has 2 heterocycles. The normalized spacial score (nSPS) is 22.8.